The zero-order chi connectivity index (χ0) is 14.6. The standard InChI is InChI=1S/C18H11ClO2/c19-14-9-8-10-4-3-7-13-15(10)16(14)18(21)12-6-2-1-5-11(12)17(13)20/h1-9,18,21H. The van der Waals surface area contributed by atoms with Crippen LogP contribution in [0.3, 0.4) is 0 Å². The van der Waals surface area contributed by atoms with Crippen LogP contribution in [0.5, 0.6) is 0 Å². The van der Waals surface area contributed by atoms with E-state index in [-0.39, 0.29) is 5.78 Å². The lowest BCUT2D eigenvalue weighted by Gasteiger charge is -2.15. The third kappa shape index (κ3) is 1.67. The fourth-order valence-electron chi connectivity index (χ4n) is 3.08. The third-order valence-electron chi connectivity index (χ3n) is 4.05. The van der Waals surface area contributed by atoms with Crippen LogP contribution in [0.2, 0.25) is 5.02 Å². The van der Waals surface area contributed by atoms with Gasteiger partial charge in [-0.2, -0.15) is 0 Å². The van der Waals surface area contributed by atoms with Gasteiger partial charge in [0.25, 0.3) is 0 Å². The van der Waals surface area contributed by atoms with E-state index < -0.39 is 6.10 Å². The largest absolute Gasteiger partial charge is 0.384 e. The van der Waals surface area contributed by atoms with E-state index in [0.717, 1.165) is 10.8 Å². The molecule has 0 spiro atoms. The van der Waals surface area contributed by atoms with Gasteiger partial charge in [-0.3, -0.25) is 4.79 Å². The van der Waals surface area contributed by atoms with Gasteiger partial charge >= 0.3 is 0 Å². The molecule has 21 heavy (non-hydrogen) atoms. The molecule has 1 N–H and O–H groups in total. The number of fused-ring (bicyclic) bond motifs is 1. The highest BCUT2D eigenvalue weighted by Gasteiger charge is 2.29. The fourth-order valence-corrected chi connectivity index (χ4v) is 3.34. The predicted molar refractivity (Wildman–Crippen MR) is 82.9 cm³/mol. The van der Waals surface area contributed by atoms with E-state index in [4.69, 9.17) is 11.6 Å². The van der Waals surface area contributed by atoms with E-state index >= 15 is 0 Å². The van der Waals surface area contributed by atoms with Gasteiger partial charge < -0.3 is 5.11 Å². The normalized spacial score (nSPS) is 16.7. The lowest BCUT2D eigenvalue weighted by Crippen LogP contribution is -2.05. The SMILES string of the molecule is O=C1c2ccccc2C(O)c2c(Cl)ccc3cccc1c23. The molecule has 102 valence electrons. The Balaban J connectivity index is 2.23. The molecule has 1 aliphatic rings. The van der Waals surface area contributed by atoms with Gasteiger partial charge in [-0.1, -0.05) is 60.1 Å². The maximum Gasteiger partial charge on any atom is 0.194 e. The Kier molecular flexibility index (Phi) is 2.64. The zero-order valence-corrected chi connectivity index (χ0v) is 11.8. The number of ketones is 1. The molecule has 0 bridgehead atoms. The van der Waals surface area contributed by atoms with Crippen molar-refractivity contribution < 1.29 is 9.90 Å². The minimum Gasteiger partial charge on any atom is -0.384 e. The van der Waals surface area contributed by atoms with Gasteiger partial charge in [0.1, 0.15) is 6.10 Å². The van der Waals surface area contributed by atoms with Gasteiger partial charge in [0.2, 0.25) is 0 Å². The van der Waals surface area contributed by atoms with Crippen LogP contribution in [0.4, 0.5) is 0 Å². The summed E-state index contributed by atoms with van der Waals surface area (Å²) in [5.41, 5.74) is 2.34. The highest BCUT2D eigenvalue weighted by atomic mass is 35.5. The molecule has 2 nitrogen and oxygen atoms in total. The lowest BCUT2D eigenvalue weighted by atomic mass is 9.96. The molecule has 0 amide bonds. The molecule has 0 fully saturated rings. The summed E-state index contributed by atoms with van der Waals surface area (Å²) in [6, 6.07) is 16.4. The van der Waals surface area contributed by atoms with Gasteiger partial charge in [-0.15, -0.1) is 0 Å². The van der Waals surface area contributed by atoms with Crippen molar-refractivity contribution in [3.05, 3.63) is 81.9 Å². The third-order valence-corrected chi connectivity index (χ3v) is 4.38. The van der Waals surface area contributed by atoms with Crippen molar-refractivity contribution in [1.29, 1.82) is 0 Å². The second-order valence-electron chi connectivity index (χ2n) is 5.18. The van der Waals surface area contributed by atoms with Crippen molar-refractivity contribution in [2.24, 2.45) is 0 Å². The molecule has 3 aromatic carbocycles. The monoisotopic (exact) mass is 294 g/mol. The van der Waals surface area contributed by atoms with Crippen molar-refractivity contribution in [1.82, 2.24) is 0 Å². The summed E-state index contributed by atoms with van der Waals surface area (Å²) in [6.07, 6.45) is -0.898. The van der Waals surface area contributed by atoms with Crippen molar-refractivity contribution >= 4 is 28.2 Å². The highest BCUT2D eigenvalue weighted by molar-refractivity contribution is 6.33. The van der Waals surface area contributed by atoms with Gasteiger partial charge in [0.05, 0.1) is 0 Å². The average Bonchev–Trinajstić information content (AvgIpc) is 2.61. The van der Waals surface area contributed by atoms with E-state index in [0.29, 0.717) is 27.3 Å². The molecule has 0 radical (unpaired) electrons. The Morgan fingerprint density at radius 3 is 2.52 bits per heavy atom. The molecule has 1 atom stereocenters. The van der Waals surface area contributed by atoms with E-state index in [9.17, 15) is 9.90 Å². The van der Waals surface area contributed by atoms with Crippen LogP contribution in [0.15, 0.2) is 54.6 Å². The smallest absolute Gasteiger partial charge is 0.194 e. The first-order valence-electron chi connectivity index (χ1n) is 6.71. The van der Waals surface area contributed by atoms with Crippen LogP contribution in [-0.4, -0.2) is 10.9 Å². The highest BCUT2D eigenvalue weighted by Crippen LogP contribution is 2.40. The number of hydrogen-bond acceptors (Lipinski definition) is 2. The number of rotatable bonds is 0. The molecule has 3 heteroatoms. The van der Waals surface area contributed by atoms with E-state index in [1.807, 2.05) is 24.3 Å². The summed E-state index contributed by atoms with van der Waals surface area (Å²) >= 11 is 6.32. The summed E-state index contributed by atoms with van der Waals surface area (Å²) in [6.45, 7) is 0. The summed E-state index contributed by atoms with van der Waals surface area (Å²) in [5.74, 6) is -0.0729. The topological polar surface area (TPSA) is 37.3 Å². The summed E-state index contributed by atoms with van der Waals surface area (Å²) in [5, 5.41) is 12.9. The Bertz CT molecular complexity index is 899. The first kappa shape index (κ1) is 12.6. The first-order valence-corrected chi connectivity index (χ1v) is 7.09. The van der Waals surface area contributed by atoms with Gasteiger partial charge in [-0.25, -0.2) is 0 Å². The average molecular weight is 295 g/mol. The number of aliphatic hydroxyl groups excluding tert-OH is 1. The summed E-state index contributed by atoms with van der Waals surface area (Å²) in [7, 11) is 0. The van der Waals surface area contributed by atoms with Gasteiger partial charge in [0, 0.05) is 27.1 Å². The molecular formula is C18H11ClO2. The lowest BCUT2D eigenvalue weighted by molar-refractivity contribution is 0.103. The first-order chi connectivity index (χ1) is 10.2. The summed E-state index contributed by atoms with van der Waals surface area (Å²) in [4.78, 5) is 12.8. The Hall–Kier alpha value is -2.16. The van der Waals surface area contributed by atoms with Crippen molar-refractivity contribution in [2.45, 2.75) is 6.10 Å². The molecule has 3 aromatic rings. The number of hydrogen-bond donors (Lipinski definition) is 1. The number of benzene rings is 3. The molecule has 1 aliphatic carbocycles. The van der Waals surface area contributed by atoms with Crippen LogP contribution in [0.1, 0.15) is 33.2 Å². The molecule has 0 saturated carbocycles. The van der Waals surface area contributed by atoms with Crippen LogP contribution in [-0.2, 0) is 0 Å². The molecular weight excluding hydrogens is 284 g/mol. The maximum absolute atomic E-state index is 12.8. The van der Waals surface area contributed by atoms with Crippen molar-refractivity contribution in [3.8, 4) is 0 Å². The maximum atomic E-state index is 12.8. The molecule has 1 unspecified atom stereocenters. The Morgan fingerprint density at radius 1 is 0.905 bits per heavy atom. The minimum atomic E-state index is -0.898. The summed E-state index contributed by atoms with van der Waals surface area (Å²) < 4.78 is 0. The molecule has 4 rings (SSSR count). The van der Waals surface area contributed by atoms with Gasteiger partial charge in [-0.05, 0) is 17.0 Å². The molecule has 0 aliphatic heterocycles. The number of halogens is 1. The Labute approximate surface area is 126 Å². The number of aliphatic hydroxyl groups is 1. The zero-order valence-electron chi connectivity index (χ0n) is 11.0. The van der Waals surface area contributed by atoms with Crippen LogP contribution >= 0.6 is 11.6 Å². The minimum absolute atomic E-state index is 0.0729. The van der Waals surface area contributed by atoms with E-state index in [1.54, 1.807) is 30.3 Å². The molecule has 0 aromatic heterocycles. The quantitative estimate of drug-likeness (QED) is 0.677. The predicted octanol–water partition coefficient (Wildman–Crippen LogP) is 4.12. The fraction of sp³-hybridized carbons (Fsp3) is 0.0556. The number of carbonyl (C=O) groups is 1. The number of carbonyl (C=O) groups excluding carboxylic acids is 1. The van der Waals surface area contributed by atoms with Crippen molar-refractivity contribution in [3.63, 3.8) is 0 Å². The van der Waals surface area contributed by atoms with Crippen LogP contribution in [0.25, 0.3) is 10.8 Å². The Morgan fingerprint density at radius 2 is 1.67 bits per heavy atom. The van der Waals surface area contributed by atoms with Crippen molar-refractivity contribution in [2.75, 3.05) is 0 Å². The van der Waals surface area contributed by atoms with Crippen LogP contribution in [0, 0.1) is 0 Å². The van der Waals surface area contributed by atoms with Gasteiger partial charge in [0.15, 0.2) is 5.78 Å². The van der Waals surface area contributed by atoms with Crippen LogP contribution < -0.4 is 0 Å². The second-order valence-corrected chi connectivity index (χ2v) is 5.59. The van der Waals surface area contributed by atoms with E-state index in [1.165, 1.54) is 0 Å². The molecule has 0 saturated heterocycles. The van der Waals surface area contributed by atoms with E-state index in [2.05, 4.69) is 0 Å². The second kappa shape index (κ2) is 4.42. The molecule has 0 heterocycles.